The average Bonchev–Trinajstić information content (AvgIpc) is 2.13. The van der Waals surface area contributed by atoms with E-state index in [1.807, 2.05) is 6.26 Å². The average molecular weight is 160 g/mol. The van der Waals surface area contributed by atoms with Crippen molar-refractivity contribution in [2.24, 2.45) is 5.10 Å². The molecule has 10 heavy (non-hydrogen) atoms. The lowest BCUT2D eigenvalue weighted by molar-refractivity contribution is -0.129. The van der Waals surface area contributed by atoms with Crippen LogP contribution < -0.4 is 0 Å². The van der Waals surface area contributed by atoms with Crippen LogP contribution in [0.2, 0.25) is 0 Å². The third kappa shape index (κ3) is 1.18. The molecule has 1 unspecified atom stereocenters. The predicted octanol–water partition coefficient (Wildman–Crippen LogP) is -0.0117. The number of hydrazone groups is 1. The maximum absolute atomic E-state index is 10.3. The fraction of sp³-hybridized carbons (Fsp3) is 0.400. The van der Waals surface area contributed by atoms with E-state index in [-0.39, 0.29) is 16.4 Å². The van der Waals surface area contributed by atoms with Gasteiger partial charge in [-0.2, -0.15) is 5.10 Å². The summed E-state index contributed by atoms with van der Waals surface area (Å²) in [7, 11) is 1.62. The molecule has 0 saturated heterocycles. The van der Waals surface area contributed by atoms with E-state index in [1.54, 1.807) is 16.8 Å². The number of rotatable bonds is 1. The van der Waals surface area contributed by atoms with Gasteiger partial charge in [-0.1, -0.05) is 10.7 Å². The molecule has 0 bridgehead atoms. The first kappa shape index (κ1) is 7.27. The molecule has 4 nitrogen and oxygen atoms in total. The second-order valence-corrected chi connectivity index (χ2v) is 3.71. The van der Waals surface area contributed by atoms with Crippen LogP contribution in [-0.4, -0.2) is 39.9 Å². The van der Waals surface area contributed by atoms with Gasteiger partial charge < -0.3 is 5.11 Å². The summed E-state index contributed by atoms with van der Waals surface area (Å²) in [5.41, 5.74) is 0.147. The van der Waals surface area contributed by atoms with Gasteiger partial charge in [0.05, 0.1) is 0 Å². The molecule has 56 valence electrons. The minimum absolute atomic E-state index is 0.144. The topological polar surface area (TPSA) is 52.9 Å². The highest BCUT2D eigenvalue weighted by molar-refractivity contribution is 8.13. The van der Waals surface area contributed by atoms with Gasteiger partial charge in [-0.25, -0.2) is 9.21 Å². The molecular formula is C5H8N2O2S. The lowest BCUT2D eigenvalue weighted by Gasteiger charge is -2.06. The van der Waals surface area contributed by atoms with Crippen molar-refractivity contribution < 1.29 is 9.90 Å². The van der Waals surface area contributed by atoms with Crippen molar-refractivity contribution in [2.75, 3.05) is 13.3 Å². The van der Waals surface area contributed by atoms with Crippen LogP contribution in [0.5, 0.6) is 0 Å². The zero-order valence-corrected chi connectivity index (χ0v) is 6.55. The fourth-order valence-electron chi connectivity index (χ4n) is 0.571. The molecule has 1 heterocycles. The van der Waals surface area contributed by atoms with Crippen molar-refractivity contribution >= 4 is 27.7 Å². The van der Waals surface area contributed by atoms with Gasteiger partial charge in [0.15, 0.2) is 5.71 Å². The highest BCUT2D eigenvalue weighted by Crippen LogP contribution is 2.16. The van der Waals surface area contributed by atoms with E-state index in [4.69, 9.17) is 5.11 Å². The first-order valence-corrected chi connectivity index (χ1v) is 4.32. The third-order valence-electron chi connectivity index (χ3n) is 1.17. The maximum atomic E-state index is 10.3. The Bertz CT molecular complexity index is 234. The van der Waals surface area contributed by atoms with Crippen LogP contribution in [0.1, 0.15) is 0 Å². The molecule has 1 N–H and O–H groups in total. The Morgan fingerprint density at radius 3 is 2.70 bits per heavy atom. The molecule has 0 fully saturated rings. The summed E-state index contributed by atoms with van der Waals surface area (Å²) in [5.74, 6) is -0.955. The van der Waals surface area contributed by atoms with Gasteiger partial charge in [0, 0.05) is 12.4 Å². The Labute approximate surface area is 61.2 Å². The zero-order chi connectivity index (χ0) is 7.72. The third-order valence-corrected chi connectivity index (χ3v) is 2.65. The number of hydrogen-bond acceptors (Lipinski definition) is 3. The summed E-state index contributed by atoms with van der Waals surface area (Å²) < 4.78 is 1.64. The van der Waals surface area contributed by atoms with Crippen LogP contribution in [0.4, 0.5) is 0 Å². The predicted molar refractivity (Wildman–Crippen MR) is 42.4 cm³/mol. The van der Waals surface area contributed by atoms with Crippen molar-refractivity contribution in [2.45, 2.75) is 0 Å². The second-order valence-electron chi connectivity index (χ2n) is 1.90. The van der Waals surface area contributed by atoms with E-state index in [0.29, 0.717) is 0 Å². The maximum Gasteiger partial charge on any atom is 0.356 e. The van der Waals surface area contributed by atoms with Crippen molar-refractivity contribution in [1.82, 2.24) is 4.41 Å². The van der Waals surface area contributed by atoms with E-state index in [1.165, 1.54) is 0 Å². The van der Waals surface area contributed by atoms with E-state index in [0.717, 1.165) is 0 Å². The number of carboxylic acids is 1. The quantitative estimate of drug-likeness (QED) is 0.549. The molecule has 1 rings (SSSR count). The Kier molecular flexibility index (Phi) is 1.76. The number of hydrogen-bond donors (Lipinski definition) is 1. The minimum Gasteiger partial charge on any atom is -0.476 e. The van der Waals surface area contributed by atoms with Gasteiger partial charge in [0.25, 0.3) is 0 Å². The summed E-state index contributed by atoms with van der Waals surface area (Å²) in [5, 5.41) is 13.9. The van der Waals surface area contributed by atoms with Crippen molar-refractivity contribution in [3.63, 3.8) is 0 Å². The van der Waals surface area contributed by atoms with Crippen LogP contribution in [0.25, 0.3) is 0 Å². The number of carboxylic acid groups (broad SMARTS) is 1. The van der Waals surface area contributed by atoms with Gasteiger partial charge in [-0.05, 0) is 6.26 Å². The Morgan fingerprint density at radius 1 is 1.90 bits per heavy atom. The second kappa shape index (κ2) is 2.42. The van der Waals surface area contributed by atoms with Crippen LogP contribution in [-0.2, 0) is 4.79 Å². The molecule has 5 heteroatoms. The molecular weight excluding hydrogens is 152 g/mol. The highest BCUT2D eigenvalue weighted by Gasteiger charge is 2.14. The standard InChI is InChI=1S/C5H8N2O2S/c1-7-6-4(5(8)9)3-10(7)2/h3H,1-2H3,(H,8,9). The number of carbonyl (C=O) groups is 1. The molecule has 0 aromatic carbocycles. The Morgan fingerprint density at radius 2 is 2.50 bits per heavy atom. The number of nitrogens with zero attached hydrogens (tertiary/aromatic N) is 2. The summed E-state index contributed by atoms with van der Waals surface area (Å²) >= 11 is 0. The smallest absolute Gasteiger partial charge is 0.356 e. The zero-order valence-electron chi connectivity index (χ0n) is 5.74. The van der Waals surface area contributed by atoms with Gasteiger partial charge in [-0.15, -0.1) is 0 Å². The van der Waals surface area contributed by atoms with E-state index >= 15 is 0 Å². The molecule has 1 aliphatic rings. The normalized spacial score (nSPS) is 24.0. The Hall–Kier alpha value is -0.840. The summed E-state index contributed by atoms with van der Waals surface area (Å²) in [6, 6.07) is 0. The molecule has 0 aliphatic carbocycles. The minimum atomic E-state index is -0.955. The van der Waals surface area contributed by atoms with Crippen molar-refractivity contribution in [3.8, 4) is 0 Å². The molecule has 0 aromatic heterocycles. The van der Waals surface area contributed by atoms with Crippen LogP contribution in [0, 0.1) is 0 Å². The van der Waals surface area contributed by atoms with Gasteiger partial charge in [0.1, 0.15) is 0 Å². The SMILES string of the molecule is CN1N=C(C(=O)O)C=S1C. The van der Waals surface area contributed by atoms with E-state index < -0.39 is 5.97 Å². The monoisotopic (exact) mass is 160 g/mol. The molecule has 0 saturated carbocycles. The molecule has 0 aromatic rings. The highest BCUT2D eigenvalue weighted by atomic mass is 32.2. The lowest BCUT2D eigenvalue weighted by atomic mass is 10.4. The number of aliphatic carboxylic acids is 1. The van der Waals surface area contributed by atoms with Gasteiger partial charge in [0.2, 0.25) is 0 Å². The fourth-order valence-corrected chi connectivity index (χ4v) is 1.41. The van der Waals surface area contributed by atoms with Crippen molar-refractivity contribution in [3.05, 3.63) is 0 Å². The summed E-state index contributed by atoms with van der Waals surface area (Å²) in [4.78, 5) is 10.3. The Balaban J connectivity index is 2.85. The largest absolute Gasteiger partial charge is 0.476 e. The summed E-state index contributed by atoms with van der Waals surface area (Å²) in [6.07, 6.45) is 1.92. The van der Waals surface area contributed by atoms with Crippen LogP contribution in [0.3, 0.4) is 0 Å². The van der Waals surface area contributed by atoms with Crippen LogP contribution in [0.15, 0.2) is 5.10 Å². The molecule has 1 atom stereocenters. The molecule has 0 radical (unpaired) electrons. The van der Waals surface area contributed by atoms with E-state index in [2.05, 4.69) is 5.10 Å². The van der Waals surface area contributed by atoms with Crippen molar-refractivity contribution in [1.29, 1.82) is 0 Å². The van der Waals surface area contributed by atoms with Gasteiger partial charge >= 0.3 is 5.97 Å². The lowest BCUT2D eigenvalue weighted by Crippen LogP contribution is -2.12. The summed E-state index contributed by atoms with van der Waals surface area (Å²) in [6.45, 7) is 0. The molecule has 0 spiro atoms. The van der Waals surface area contributed by atoms with E-state index in [9.17, 15) is 4.79 Å². The first-order chi connectivity index (χ1) is 4.61. The first-order valence-electron chi connectivity index (χ1n) is 2.66. The van der Waals surface area contributed by atoms with Gasteiger partial charge in [-0.3, -0.25) is 0 Å². The molecule has 1 aliphatic heterocycles. The van der Waals surface area contributed by atoms with Crippen LogP contribution >= 0.6 is 10.7 Å². The molecule has 0 amide bonds.